The first-order chi connectivity index (χ1) is 10.1. The van der Waals surface area contributed by atoms with Gasteiger partial charge in [0.1, 0.15) is 6.33 Å². The van der Waals surface area contributed by atoms with Crippen LogP contribution in [0.5, 0.6) is 0 Å². The van der Waals surface area contributed by atoms with Crippen molar-refractivity contribution in [2.75, 3.05) is 6.54 Å². The molecule has 7 nitrogen and oxygen atoms in total. The number of fused-ring (bicyclic) bond motifs is 1. The number of thiophene rings is 1. The zero-order valence-corrected chi connectivity index (χ0v) is 11.8. The predicted molar refractivity (Wildman–Crippen MR) is 75.8 cm³/mol. The Hall–Kier alpha value is -2.48. The van der Waals surface area contributed by atoms with Crippen molar-refractivity contribution in [3.8, 4) is 0 Å². The molecule has 0 unspecified atom stereocenters. The van der Waals surface area contributed by atoms with E-state index in [1.165, 1.54) is 17.4 Å². The van der Waals surface area contributed by atoms with Crippen LogP contribution in [0.25, 0.3) is 6.08 Å². The number of aromatic nitrogens is 3. The third kappa shape index (κ3) is 2.84. The molecule has 0 radical (unpaired) electrons. The first-order valence-electron chi connectivity index (χ1n) is 6.30. The van der Waals surface area contributed by atoms with Crippen LogP contribution >= 0.6 is 11.3 Å². The first-order valence-corrected chi connectivity index (χ1v) is 7.12. The summed E-state index contributed by atoms with van der Waals surface area (Å²) >= 11 is 1.28. The van der Waals surface area contributed by atoms with Crippen LogP contribution < -0.4 is 0 Å². The van der Waals surface area contributed by atoms with Gasteiger partial charge in [0.25, 0.3) is 5.91 Å². The van der Waals surface area contributed by atoms with Gasteiger partial charge in [-0.15, -0.1) is 21.5 Å². The lowest BCUT2D eigenvalue weighted by Crippen LogP contribution is -2.37. The summed E-state index contributed by atoms with van der Waals surface area (Å²) < 4.78 is 1.93. The number of rotatable bonds is 3. The summed E-state index contributed by atoms with van der Waals surface area (Å²) in [6, 6.07) is 3.46. The fraction of sp³-hybridized carbons (Fsp3) is 0.231. The van der Waals surface area contributed by atoms with Gasteiger partial charge in [0.2, 0.25) is 0 Å². The van der Waals surface area contributed by atoms with E-state index in [0.29, 0.717) is 24.5 Å². The van der Waals surface area contributed by atoms with Crippen LogP contribution in [0.1, 0.15) is 20.4 Å². The van der Waals surface area contributed by atoms with Crippen molar-refractivity contribution < 1.29 is 14.7 Å². The fourth-order valence-electron chi connectivity index (χ4n) is 2.11. The van der Waals surface area contributed by atoms with E-state index >= 15 is 0 Å². The minimum absolute atomic E-state index is 0.0655. The molecule has 0 aromatic carbocycles. The number of hydrogen-bond acceptors (Lipinski definition) is 5. The molecule has 0 atom stereocenters. The van der Waals surface area contributed by atoms with Crippen molar-refractivity contribution in [1.29, 1.82) is 0 Å². The molecular weight excluding hydrogens is 292 g/mol. The van der Waals surface area contributed by atoms with Crippen molar-refractivity contribution in [3.63, 3.8) is 0 Å². The van der Waals surface area contributed by atoms with Gasteiger partial charge in [-0.3, -0.25) is 4.79 Å². The molecule has 3 rings (SSSR count). The van der Waals surface area contributed by atoms with E-state index in [-0.39, 0.29) is 5.91 Å². The smallest absolute Gasteiger partial charge is 0.328 e. The lowest BCUT2D eigenvalue weighted by atomic mass is 10.3. The molecule has 2 aromatic heterocycles. The molecular formula is C13H12N4O3S. The molecule has 0 saturated carbocycles. The van der Waals surface area contributed by atoms with E-state index in [9.17, 15) is 9.59 Å². The van der Waals surface area contributed by atoms with Crippen molar-refractivity contribution in [2.45, 2.75) is 13.1 Å². The van der Waals surface area contributed by atoms with Crippen molar-refractivity contribution in [2.24, 2.45) is 0 Å². The summed E-state index contributed by atoms with van der Waals surface area (Å²) in [7, 11) is 0. The average Bonchev–Trinajstić information content (AvgIpc) is 3.12. The maximum atomic E-state index is 12.4. The minimum Gasteiger partial charge on any atom is -0.478 e. The topological polar surface area (TPSA) is 88.3 Å². The largest absolute Gasteiger partial charge is 0.478 e. The van der Waals surface area contributed by atoms with Gasteiger partial charge >= 0.3 is 5.97 Å². The molecule has 1 N–H and O–H groups in total. The highest BCUT2D eigenvalue weighted by atomic mass is 32.1. The third-order valence-electron chi connectivity index (χ3n) is 3.15. The van der Waals surface area contributed by atoms with Gasteiger partial charge in [0.05, 0.1) is 11.4 Å². The molecule has 0 fully saturated rings. The number of carboxylic acid groups (broad SMARTS) is 1. The summed E-state index contributed by atoms with van der Waals surface area (Å²) in [5, 5.41) is 16.4. The Balaban J connectivity index is 1.73. The van der Waals surface area contributed by atoms with E-state index < -0.39 is 5.97 Å². The SMILES string of the molecule is O=C(O)C=Cc1ccc(C(=O)N2CCn3cnnc3C2)s1. The third-order valence-corrected chi connectivity index (χ3v) is 4.19. The Morgan fingerprint density at radius 2 is 2.19 bits per heavy atom. The van der Waals surface area contributed by atoms with Gasteiger partial charge in [-0.25, -0.2) is 4.79 Å². The molecule has 1 aliphatic heterocycles. The van der Waals surface area contributed by atoms with Gasteiger partial charge < -0.3 is 14.6 Å². The van der Waals surface area contributed by atoms with Crippen LogP contribution in [0.15, 0.2) is 24.5 Å². The molecule has 8 heteroatoms. The lowest BCUT2D eigenvalue weighted by molar-refractivity contribution is -0.131. The standard InChI is InChI=1S/C13H12N4O3S/c18-12(19)4-2-9-1-3-10(21-9)13(20)16-5-6-17-8-14-15-11(17)7-16/h1-4,8H,5-7H2,(H,18,19). The van der Waals surface area contributed by atoms with Crippen molar-refractivity contribution >= 4 is 29.3 Å². The normalized spacial score (nSPS) is 14.4. The molecule has 0 saturated heterocycles. The summed E-state index contributed by atoms with van der Waals surface area (Å²) in [6.45, 7) is 1.74. The summed E-state index contributed by atoms with van der Waals surface area (Å²) in [6.07, 6.45) is 4.21. The minimum atomic E-state index is -1.01. The number of carboxylic acids is 1. The Morgan fingerprint density at radius 3 is 3.00 bits per heavy atom. The molecule has 0 spiro atoms. The second kappa shape index (κ2) is 5.49. The molecule has 108 valence electrons. The summed E-state index contributed by atoms with van der Waals surface area (Å²) in [5.74, 6) is -0.298. The highest BCUT2D eigenvalue weighted by Crippen LogP contribution is 2.21. The van der Waals surface area contributed by atoms with E-state index in [4.69, 9.17) is 5.11 Å². The van der Waals surface area contributed by atoms with Gasteiger partial charge in [0.15, 0.2) is 5.82 Å². The number of carbonyl (C=O) groups excluding carboxylic acids is 1. The zero-order chi connectivity index (χ0) is 14.8. The van der Waals surface area contributed by atoms with E-state index in [1.807, 2.05) is 4.57 Å². The van der Waals surface area contributed by atoms with Crippen molar-refractivity contribution in [1.82, 2.24) is 19.7 Å². The molecule has 1 aliphatic rings. The predicted octanol–water partition coefficient (Wildman–Crippen LogP) is 1.09. The van der Waals surface area contributed by atoms with Gasteiger partial charge in [0, 0.05) is 24.0 Å². The second-order valence-corrected chi connectivity index (χ2v) is 5.66. The molecule has 0 bridgehead atoms. The number of aliphatic carboxylic acids is 1. The van der Waals surface area contributed by atoms with Crippen LogP contribution in [-0.2, 0) is 17.9 Å². The molecule has 2 aromatic rings. The van der Waals surface area contributed by atoms with Crippen molar-refractivity contribution in [3.05, 3.63) is 40.1 Å². The fourth-order valence-corrected chi connectivity index (χ4v) is 2.98. The number of amides is 1. The number of carbonyl (C=O) groups is 2. The average molecular weight is 304 g/mol. The first kappa shape index (κ1) is 13.5. The van der Waals surface area contributed by atoms with Gasteiger partial charge in [-0.2, -0.15) is 0 Å². The Bertz CT molecular complexity index is 719. The maximum absolute atomic E-state index is 12.4. The molecule has 21 heavy (non-hydrogen) atoms. The quantitative estimate of drug-likeness (QED) is 0.858. The summed E-state index contributed by atoms with van der Waals surface area (Å²) in [4.78, 5) is 26.0. The Morgan fingerprint density at radius 1 is 1.33 bits per heavy atom. The lowest BCUT2D eigenvalue weighted by Gasteiger charge is -2.26. The number of hydrogen-bond donors (Lipinski definition) is 1. The van der Waals surface area contributed by atoms with Gasteiger partial charge in [-0.1, -0.05) is 0 Å². The highest BCUT2D eigenvalue weighted by molar-refractivity contribution is 7.14. The summed E-state index contributed by atoms with van der Waals surface area (Å²) in [5.41, 5.74) is 0. The van der Waals surface area contributed by atoms with Crippen LogP contribution in [0.3, 0.4) is 0 Å². The number of nitrogens with zero attached hydrogens (tertiary/aromatic N) is 4. The van der Waals surface area contributed by atoms with E-state index in [1.54, 1.807) is 23.4 Å². The second-order valence-electron chi connectivity index (χ2n) is 4.54. The van der Waals surface area contributed by atoms with E-state index in [2.05, 4.69) is 10.2 Å². The van der Waals surface area contributed by atoms with Crippen LogP contribution in [0.2, 0.25) is 0 Å². The monoisotopic (exact) mass is 304 g/mol. The Kier molecular flexibility index (Phi) is 3.53. The van der Waals surface area contributed by atoms with Gasteiger partial charge in [-0.05, 0) is 18.2 Å². The van der Waals surface area contributed by atoms with Crippen LogP contribution in [0.4, 0.5) is 0 Å². The molecule has 1 amide bonds. The molecule has 0 aliphatic carbocycles. The maximum Gasteiger partial charge on any atom is 0.328 e. The highest BCUT2D eigenvalue weighted by Gasteiger charge is 2.23. The molecule has 3 heterocycles. The zero-order valence-electron chi connectivity index (χ0n) is 11.0. The van der Waals surface area contributed by atoms with Crippen LogP contribution in [-0.4, -0.2) is 43.2 Å². The van der Waals surface area contributed by atoms with E-state index in [0.717, 1.165) is 16.8 Å². The Labute approximate surface area is 124 Å². The van der Waals surface area contributed by atoms with Crippen LogP contribution in [0, 0.1) is 0 Å².